The van der Waals surface area contributed by atoms with E-state index in [1.54, 1.807) is 19.2 Å². The molecule has 0 saturated carbocycles. The van der Waals surface area contributed by atoms with E-state index in [0.717, 1.165) is 12.9 Å². The van der Waals surface area contributed by atoms with Crippen LogP contribution in [0.25, 0.3) is 0 Å². The maximum Gasteiger partial charge on any atom is 0.430 e. The monoisotopic (exact) mass is 565 g/mol. The molecule has 0 radical (unpaired) electrons. The molecule has 2 aromatic rings. The van der Waals surface area contributed by atoms with Gasteiger partial charge in [0.25, 0.3) is 11.8 Å². The van der Waals surface area contributed by atoms with Crippen LogP contribution in [0.15, 0.2) is 48.5 Å². The van der Waals surface area contributed by atoms with Gasteiger partial charge in [-0.25, -0.2) is 4.79 Å². The van der Waals surface area contributed by atoms with Gasteiger partial charge in [-0.1, -0.05) is 12.1 Å². The van der Waals surface area contributed by atoms with Crippen LogP contribution in [-0.2, 0) is 19.2 Å². The van der Waals surface area contributed by atoms with Gasteiger partial charge in [0.1, 0.15) is 5.97 Å². The number of methoxy groups -OCH3 is 1. The number of para-hydroxylation sites is 1. The van der Waals surface area contributed by atoms with Gasteiger partial charge in [-0.3, -0.25) is 9.59 Å². The topological polar surface area (TPSA) is 113 Å². The number of benzene rings is 2. The number of ether oxygens (including phenoxy) is 1. The predicted molar refractivity (Wildman–Crippen MR) is 94.4 cm³/mol. The zero-order valence-electron chi connectivity index (χ0n) is 16.3. The number of alkyl halides is 3. The molecule has 0 aliphatic carbocycles. The molecule has 2 aromatic carbocycles. The molecular weight excluding hydrogens is 550 g/mol. The Labute approximate surface area is 190 Å². The zero-order chi connectivity index (χ0) is 23.9. The van der Waals surface area contributed by atoms with Crippen molar-refractivity contribution < 1.29 is 68.2 Å². The maximum absolute atomic E-state index is 12.1. The first-order chi connectivity index (χ1) is 15.0. The number of nitrogens with zero attached hydrogens (tertiary/aromatic N) is 1. The number of rotatable bonds is 5. The molecule has 8 nitrogen and oxygen atoms in total. The van der Waals surface area contributed by atoms with E-state index in [2.05, 4.69) is 0 Å². The fourth-order valence-corrected chi connectivity index (χ4v) is 4.69. The van der Waals surface area contributed by atoms with Gasteiger partial charge in [0.2, 0.25) is 3.57 Å². The highest BCUT2D eigenvalue weighted by Gasteiger charge is 2.33. The third kappa shape index (κ3) is 6.93. The molecule has 0 bridgehead atoms. The standard InChI is InChI=1S/C18H15INO5.C2HF3O2/c1-24-15-5-3-2-4-14(15)19-13-8-6-12(7-9-13)18(23)25-20-16(21)10-11-17(20)22;3-2(4,5)1(6)7/h2-9H,10-11H2,1H3;(H,6,7)/q+1;/p-1. The molecular formula is C20H15F3INO7. The molecule has 0 aromatic heterocycles. The Hall–Kier alpha value is -3.16. The Morgan fingerprint density at radius 2 is 1.53 bits per heavy atom. The van der Waals surface area contributed by atoms with E-state index in [1.807, 2.05) is 36.4 Å². The van der Waals surface area contributed by atoms with E-state index in [1.165, 1.54) is 0 Å². The average molecular weight is 565 g/mol. The van der Waals surface area contributed by atoms with Gasteiger partial charge in [0, 0.05) is 12.8 Å². The van der Waals surface area contributed by atoms with Crippen LogP contribution in [0.3, 0.4) is 0 Å². The largest absolute Gasteiger partial charge is 0.542 e. The van der Waals surface area contributed by atoms with Gasteiger partial charge in [0.05, 0.1) is 12.7 Å². The van der Waals surface area contributed by atoms with Crippen LogP contribution in [0.2, 0.25) is 0 Å². The van der Waals surface area contributed by atoms with Crippen molar-refractivity contribution in [3.63, 3.8) is 0 Å². The third-order valence-electron chi connectivity index (χ3n) is 3.76. The second-order valence-electron chi connectivity index (χ2n) is 5.98. The van der Waals surface area contributed by atoms with Crippen molar-refractivity contribution in [1.82, 2.24) is 5.06 Å². The first-order valence-electron chi connectivity index (χ1n) is 8.77. The van der Waals surface area contributed by atoms with E-state index in [9.17, 15) is 27.6 Å². The van der Waals surface area contributed by atoms with Gasteiger partial charge in [-0.2, -0.15) is 13.2 Å². The van der Waals surface area contributed by atoms with Crippen LogP contribution >= 0.6 is 0 Å². The first-order valence-corrected chi connectivity index (χ1v) is 10.9. The minimum Gasteiger partial charge on any atom is -0.542 e. The number of carbonyl (C=O) groups is 4. The molecule has 0 atom stereocenters. The highest BCUT2D eigenvalue weighted by Crippen LogP contribution is 2.14. The van der Waals surface area contributed by atoms with Crippen molar-refractivity contribution in [2.45, 2.75) is 19.0 Å². The fraction of sp³-hybridized carbons (Fsp3) is 0.200. The number of carboxylic acid groups (broad SMARTS) is 1. The SMILES string of the molecule is COc1ccccc1[I+]c1ccc(C(=O)ON2C(=O)CCC2=O)cc1.O=C([O-])C(F)(F)F. The molecule has 170 valence electrons. The van der Waals surface area contributed by atoms with Crippen LogP contribution in [0.1, 0.15) is 23.2 Å². The van der Waals surface area contributed by atoms with E-state index in [0.29, 0.717) is 10.6 Å². The summed E-state index contributed by atoms with van der Waals surface area (Å²) in [6.45, 7) is 0. The van der Waals surface area contributed by atoms with E-state index in [-0.39, 0.29) is 12.8 Å². The van der Waals surface area contributed by atoms with Crippen molar-refractivity contribution in [3.8, 4) is 5.75 Å². The molecule has 0 N–H and O–H groups in total. The average Bonchev–Trinajstić information content (AvgIpc) is 3.06. The van der Waals surface area contributed by atoms with Gasteiger partial charge < -0.3 is 19.5 Å². The van der Waals surface area contributed by atoms with Gasteiger partial charge >= 0.3 is 33.4 Å². The maximum atomic E-state index is 12.1. The molecule has 0 unspecified atom stereocenters. The first kappa shape index (κ1) is 25.1. The summed E-state index contributed by atoms with van der Waals surface area (Å²) in [4.78, 5) is 48.7. The number of imide groups is 1. The smallest absolute Gasteiger partial charge is 0.430 e. The highest BCUT2D eigenvalue weighted by atomic mass is 127. The number of halogens is 4. The molecule has 1 fully saturated rings. The molecule has 1 aliphatic rings. The predicted octanol–water partition coefficient (Wildman–Crippen LogP) is -1.66. The summed E-state index contributed by atoms with van der Waals surface area (Å²) in [6, 6.07) is 14.8. The molecule has 1 saturated heterocycles. The fourth-order valence-electron chi connectivity index (χ4n) is 2.25. The Kier molecular flexibility index (Phi) is 8.57. The molecule has 32 heavy (non-hydrogen) atoms. The van der Waals surface area contributed by atoms with Gasteiger partial charge in [0.15, 0.2) is 9.32 Å². The summed E-state index contributed by atoms with van der Waals surface area (Å²) >= 11 is -0.456. The van der Waals surface area contributed by atoms with Crippen molar-refractivity contribution in [2.75, 3.05) is 7.11 Å². The summed E-state index contributed by atoms with van der Waals surface area (Å²) < 4.78 is 39.2. The van der Waals surface area contributed by atoms with E-state index >= 15 is 0 Å². The van der Waals surface area contributed by atoms with Crippen LogP contribution in [0.5, 0.6) is 5.75 Å². The summed E-state index contributed by atoms with van der Waals surface area (Å²) in [5.41, 5.74) is 0.292. The van der Waals surface area contributed by atoms with Crippen molar-refractivity contribution in [2.24, 2.45) is 0 Å². The normalized spacial score (nSPS) is 13.3. The lowest BCUT2D eigenvalue weighted by Gasteiger charge is -2.12. The number of hydrogen-bond acceptors (Lipinski definition) is 7. The molecule has 1 aliphatic heterocycles. The minimum atomic E-state index is -5.19. The van der Waals surface area contributed by atoms with Crippen LogP contribution in [0, 0.1) is 7.14 Å². The quantitative estimate of drug-likeness (QED) is 0.315. The van der Waals surface area contributed by atoms with Crippen molar-refractivity contribution in [3.05, 3.63) is 61.2 Å². The second-order valence-corrected chi connectivity index (χ2v) is 8.93. The van der Waals surface area contributed by atoms with Crippen molar-refractivity contribution >= 4 is 23.8 Å². The third-order valence-corrected chi connectivity index (χ3v) is 6.57. The number of hydrogen-bond donors (Lipinski definition) is 0. The second kappa shape index (κ2) is 10.9. The number of hydroxylamine groups is 2. The molecule has 1 heterocycles. The highest BCUT2D eigenvalue weighted by molar-refractivity contribution is 6.02. The Balaban J connectivity index is 0.000000451. The lowest BCUT2D eigenvalue weighted by molar-refractivity contribution is -0.598. The number of amides is 2. The molecule has 12 heteroatoms. The Morgan fingerprint density at radius 3 is 2.03 bits per heavy atom. The van der Waals surface area contributed by atoms with Gasteiger partial charge in [-0.15, -0.1) is 5.06 Å². The summed E-state index contributed by atoms with van der Waals surface area (Å²) in [5.74, 6) is -3.85. The Bertz CT molecular complexity index is 993. The number of carbonyl (C=O) groups excluding carboxylic acids is 4. The van der Waals surface area contributed by atoms with E-state index < -0.39 is 51.1 Å². The lowest BCUT2D eigenvalue weighted by atomic mass is 10.2. The molecule has 3 rings (SSSR count). The number of carboxylic acids is 1. The van der Waals surface area contributed by atoms with E-state index in [4.69, 9.17) is 19.5 Å². The summed E-state index contributed by atoms with van der Waals surface area (Å²) in [6.07, 6.45) is -5.04. The van der Waals surface area contributed by atoms with Crippen LogP contribution in [-0.4, -0.2) is 42.1 Å². The lowest BCUT2D eigenvalue weighted by Crippen LogP contribution is -3.61. The van der Waals surface area contributed by atoms with Crippen LogP contribution < -0.4 is 31.0 Å². The molecule has 0 spiro atoms. The van der Waals surface area contributed by atoms with Crippen LogP contribution in [0.4, 0.5) is 13.2 Å². The minimum absolute atomic E-state index is 0.0778. The number of aliphatic carboxylic acids is 1. The Morgan fingerprint density at radius 1 is 1.00 bits per heavy atom. The van der Waals surface area contributed by atoms with Crippen molar-refractivity contribution in [1.29, 1.82) is 0 Å². The zero-order valence-corrected chi connectivity index (χ0v) is 18.5. The molecule has 2 amide bonds. The summed E-state index contributed by atoms with van der Waals surface area (Å²) in [7, 11) is 1.64. The van der Waals surface area contributed by atoms with Gasteiger partial charge in [-0.05, 0) is 36.4 Å². The summed E-state index contributed by atoms with van der Waals surface area (Å²) in [5, 5.41) is 9.34.